The molecule has 1 atom stereocenters. The molecule has 2 amide bonds. The zero-order valence-corrected chi connectivity index (χ0v) is 16.8. The Morgan fingerprint density at radius 1 is 0.862 bits per heavy atom. The van der Waals surface area contributed by atoms with Crippen LogP contribution in [0.5, 0.6) is 0 Å². The van der Waals surface area contributed by atoms with E-state index >= 15 is 0 Å². The molecule has 0 aromatic heterocycles. The summed E-state index contributed by atoms with van der Waals surface area (Å²) in [7, 11) is 0. The number of benzene rings is 3. The average molecular weight is 410 g/mol. The Labute approximate surface area is 176 Å². The molecule has 0 spiro atoms. The van der Waals surface area contributed by atoms with E-state index in [2.05, 4.69) is 35.0 Å². The van der Waals surface area contributed by atoms with E-state index in [0.717, 1.165) is 11.3 Å². The fraction of sp³-hybridized carbons (Fsp3) is 0.0909. The molecule has 0 saturated carbocycles. The van der Waals surface area contributed by atoms with Crippen LogP contribution in [-0.4, -0.2) is 11.9 Å². The standard InChI is InChI=1S/C22H23N5O.ClH/c1-15(16-7-3-2-4-8-16)25-19-9-5-6-10-20(19)27-22(28)26-18-13-11-17(12-14-18)21(23)24;/h2-15,25H,1H3,(H3,23,24)(H2,26,27,28);1H/t15-;/m0./s1. The summed E-state index contributed by atoms with van der Waals surface area (Å²) in [5.41, 5.74) is 9.34. The van der Waals surface area contributed by atoms with Crippen molar-refractivity contribution in [2.45, 2.75) is 13.0 Å². The summed E-state index contributed by atoms with van der Waals surface area (Å²) < 4.78 is 0. The lowest BCUT2D eigenvalue weighted by atomic mass is 10.1. The Bertz CT molecular complexity index is 960. The maximum Gasteiger partial charge on any atom is 0.323 e. The van der Waals surface area contributed by atoms with Gasteiger partial charge in [-0.2, -0.15) is 0 Å². The van der Waals surface area contributed by atoms with Gasteiger partial charge in [0.25, 0.3) is 0 Å². The molecule has 29 heavy (non-hydrogen) atoms. The van der Waals surface area contributed by atoms with E-state index < -0.39 is 0 Å². The summed E-state index contributed by atoms with van der Waals surface area (Å²) in [6, 6.07) is 24.2. The summed E-state index contributed by atoms with van der Waals surface area (Å²) in [6.45, 7) is 2.07. The van der Waals surface area contributed by atoms with Gasteiger partial charge in [0.15, 0.2) is 0 Å². The van der Waals surface area contributed by atoms with Gasteiger partial charge in [-0.05, 0) is 48.9 Å². The van der Waals surface area contributed by atoms with Gasteiger partial charge >= 0.3 is 6.03 Å². The lowest BCUT2D eigenvalue weighted by molar-refractivity contribution is 0.262. The Balaban J connectivity index is 0.00000300. The number of para-hydroxylation sites is 2. The van der Waals surface area contributed by atoms with E-state index in [1.165, 1.54) is 0 Å². The first kappa shape index (κ1) is 21.8. The van der Waals surface area contributed by atoms with Crippen molar-refractivity contribution in [1.29, 1.82) is 5.41 Å². The number of nitrogens with two attached hydrogens (primary N) is 1. The number of halogens is 1. The molecule has 0 bridgehead atoms. The Hall–Kier alpha value is -3.51. The second-order valence-electron chi connectivity index (χ2n) is 6.39. The molecule has 0 unspecified atom stereocenters. The molecule has 0 heterocycles. The molecular formula is C22H24ClN5O. The number of amides is 2. The fourth-order valence-corrected chi connectivity index (χ4v) is 2.79. The fourth-order valence-electron chi connectivity index (χ4n) is 2.79. The Kier molecular flexibility index (Phi) is 7.62. The number of urea groups is 1. The minimum Gasteiger partial charge on any atom is -0.384 e. The van der Waals surface area contributed by atoms with Crippen LogP contribution in [-0.2, 0) is 0 Å². The third kappa shape index (κ3) is 5.99. The number of carbonyl (C=O) groups excluding carboxylic acids is 1. The highest BCUT2D eigenvalue weighted by atomic mass is 35.5. The van der Waals surface area contributed by atoms with Gasteiger partial charge in [0.2, 0.25) is 0 Å². The average Bonchev–Trinajstić information content (AvgIpc) is 2.70. The number of hydrogen-bond acceptors (Lipinski definition) is 3. The van der Waals surface area contributed by atoms with Gasteiger partial charge in [0.05, 0.1) is 11.4 Å². The molecule has 3 aromatic carbocycles. The molecule has 7 heteroatoms. The zero-order chi connectivity index (χ0) is 19.9. The second-order valence-corrected chi connectivity index (χ2v) is 6.39. The molecule has 3 aromatic rings. The van der Waals surface area contributed by atoms with Gasteiger partial charge in [0.1, 0.15) is 5.84 Å². The largest absolute Gasteiger partial charge is 0.384 e. The summed E-state index contributed by atoms with van der Waals surface area (Å²) in [5, 5.41) is 16.5. The molecule has 0 saturated heterocycles. The van der Waals surface area contributed by atoms with Crippen LogP contribution in [0.4, 0.5) is 21.9 Å². The van der Waals surface area contributed by atoms with E-state index in [-0.39, 0.29) is 30.3 Å². The van der Waals surface area contributed by atoms with Crippen LogP contribution < -0.4 is 21.7 Å². The number of rotatable bonds is 6. The summed E-state index contributed by atoms with van der Waals surface area (Å²) in [5.74, 6) is -0.0106. The number of nitrogens with one attached hydrogen (secondary N) is 4. The second kappa shape index (κ2) is 10.1. The highest BCUT2D eigenvalue weighted by Gasteiger charge is 2.10. The molecule has 0 fully saturated rings. The van der Waals surface area contributed by atoms with Crippen molar-refractivity contribution in [2.75, 3.05) is 16.0 Å². The lowest BCUT2D eigenvalue weighted by Crippen LogP contribution is -2.20. The minimum absolute atomic E-state index is 0. The Morgan fingerprint density at radius 2 is 1.45 bits per heavy atom. The number of hydrogen-bond donors (Lipinski definition) is 5. The van der Waals surface area contributed by atoms with E-state index in [1.807, 2.05) is 42.5 Å². The zero-order valence-electron chi connectivity index (χ0n) is 16.0. The molecule has 3 rings (SSSR count). The predicted molar refractivity (Wildman–Crippen MR) is 122 cm³/mol. The first-order valence-electron chi connectivity index (χ1n) is 8.96. The van der Waals surface area contributed by atoms with Crippen LogP contribution in [0.2, 0.25) is 0 Å². The summed E-state index contributed by atoms with van der Waals surface area (Å²) in [6.07, 6.45) is 0. The molecule has 6 N–H and O–H groups in total. The molecule has 150 valence electrons. The van der Waals surface area contributed by atoms with E-state index in [4.69, 9.17) is 11.1 Å². The molecule has 0 aliphatic carbocycles. The number of nitrogen functional groups attached to an aromatic ring is 1. The van der Waals surface area contributed by atoms with Crippen molar-refractivity contribution in [2.24, 2.45) is 5.73 Å². The summed E-state index contributed by atoms with van der Waals surface area (Å²) >= 11 is 0. The molecule has 0 radical (unpaired) electrons. The minimum atomic E-state index is -0.350. The number of anilines is 3. The van der Waals surface area contributed by atoms with Crippen LogP contribution in [0.3, 0.4) is 0 Å². The highest BCUT2D eigenvalue weighted by Crippen LogP contribution is 2.26. The highest BCUT2D eigenvalue weighted by molar-refractivity contribution is 6.02. The van der Waals surface area contributed by atoms with E-state index in [0.29, 0.717) is 16.9 Å². The normalized spacial score (nSPS) is 10.9. The predicted octanol–water partition coefficient (Wildman–Crippen LogP) is 5.21. The monoisotopic (exact) mass is 409 g/mol. The number of carbonyl (C=O) groups is 1. The van der Waals surface area contributed by atoms with Crippen LogP contribution >= 0.6 is 12.4 Å². The lowest BCUT2D eigenvalue weighted by Gasteiger charge is -2.19. The van der Waals surface area contributed by atoms with Crippen LogP contribution in [0.25, 0.3) is 0 Å². The summed E-state index contributed by atoms with van der Waals surface area (Å²) in [4.78, 5) is 12.4. The first-order chi connectivity index (χ1) is 13.5. The molecule has 0 aliphatic heterocycles. The van der Waals surface area contributed by atoms with Gasteiger partial charge in [-0.1, -0.05) is 42.5 Å². The SMILES string of the molecule is C[C@H](Nc1ccccc1NC(=O)Nc1ccc(C(=N)N)cc1)c1ccccc1.Cl. The van der Waals surface area contributed by atoms with Gasteiger partial charge in [-0.3, -0.25) is 5.41 Å². The Morgan fingerprint density at radius 3 is 2.07 bits per heavy atom. The third-order valence-corrected chi connectivity index (χ3v) is 4.30. The maximum atomic E-state index is 12.4. The van der Waals surface area contributed by atoms with Crippen LogP contribution in [0.15, 0.2) is 78.9 Å². The van der Waals surface area contributed by atoms with Crippen molar-refractivity contribution in [3.05, 3.63) is 90.0 Å². The molecule has 0 aliphatic rings. The van der Waals surface area contributed by atoms with Crippen molar-refractivity contribution >= 4 is 41.3 Å². The van der Waals surface area contributed by atoms with E-state index in [1.54, 1.807) is 24.3 Å². The van der Waals surface area contributed by atoms with Crippen molar-refractivity contribution in [3.63, 3.8) is 0 Å². The molecule has 6 nitrogen and oxygen atoms in total. The maximum absolute atomic E-state index is 12.4. The smallest absolute Gasteiger partial charge is 0.323 e. The number of amidine groups is 1. The van der Waals surface area contributed by atoms with Gasteiger partial charge in [-0.25, -0.2) is 4.79 Å². The van der Waals surface area contributed by atoms with Crippen LogP contribution in [0.1, 0.15) is 24.1 Å². The van der Waals surface area contributed by atoms with E-state index in [9.17, 15) is 4.79 Å². The third-order valence-electron chi connectivity index (χ3n) is 4.30. The van der Waals surface area contributed by atoms with Gasteiger partial charge in [0, 0.05) is 17.3 Å². The first-order valence-corrected chi connectivity index (χ1v) is 8.96. The van der Waals surface area contributed by atoms with Gasteiger partial charge < -0.3 is 21.7 Å². The molecular weight excluding hydrogens is 386 g/mol. The van der Waals surface area contributed by atoms with Crippen LogP contribution in [0, 0.1) is 5.41 Å². The van der Waals surface area contributed by atoms with Crippen molar-refractivity contribution in [1.82, 2.24) is 0 Å². The topological polar surface area (TPSA) is 103 Å². The van der Waals surface area contributed by atoms with Crippen molar-refractivity contribution < 1.29 is 4.79 Å². The van der Waals surface area contributed by atoms with Crippen molar-refractivity contribution in [3.8, 4) is 0 Å². The quantitative estimate of drug-likeness (QED) is 0.285. The van der Waals surface area contributed by atoms with Gasteiger partial charge in [-0.15, -0.1) is 12.4 Å².